The molecule has 8 heteroatoms. The summed E-state index contributed by atoms with van der Waals surface area (Å²) in [6.45, 7) is 5.29. The summed E-state index contributed by atoms with van der Waals surface area (Å²) in [6, 6.07) is 4.47. The SMILES string of the molecule is COc1ccc(F)cc1C[NH+](C)Cc1c(C)nn([C@@H]2CCS(=O)(=O)C2)c1C. The van der Waals surface area contributed by atoms with Gasteiger partial charge in [-0.25, -0.2) is 12.8 Å². The molecule has 0 aliphatic carbocycles. The highest BCUT2D eigenvalue weighted by Gasteiger charge is 2.31. The molecule has 1 fully saturated rings. The van der Waals surface area contributed by atoms with Crippen molar-refractivity contribution in [3.05, 3.63) is 46.5 Å². The molecular formula is C19H27FN3O3S+. The van der Waals surface area contributed by atoms with Crippen molar-refractivity contribution in [2.75, 3.05) is 25.7 Å². The smallest absolute Gasteiger partial charge is 0.152 e. The molecule has 2 aromatic rings. The number of methoxy groups -OCH3 is 1. The van der Waals surface area contributed by atoms with Gasteiger partial charge in [0.15, 0.2) is 9.84 Å². The highest BCUT2D eigenvalue weighted by Crippen LogP contribution is 2.26. The lowest BCUT2D eigenvalue weighted by Crippen LogP contribution is -3.06. The standard InChI is InChI=1S/C19H26FN3O3S/c1-13-18(14(2)23(21-13)17-7-8-27(24,25)12-17)11-22(3)10-15-9-16(20)5-6-19(15)26-4/h5-6,9,17H,7-8,10-12H2,1-4H3/p+1/t17-/m1/s1. The van der Waals surface area contributed by atoms with Crippen molar-refractivity contribution in [3.63, 3.8) is 0 Å². The minimum atomic E-state index is -2.95. The Morgan fingerprint density at radius 1 is 1.33 bits per heavy atom. The third-order valence-electron chi connectivity index (χ3n) is 5.24. The van der Waals surface area contributed by atoms with Gasteiger partial charge in [-0.15, -0.1) is 0 Å². The molecule has 2 atom stereocenters. The number of rotatable bonds is 6. The summed E-state index contributed by atoms with van der Waals surface area (Å²) in [5.41, 5.74) is 3.87. The van der Waals surface area contributed by atoms with Gasteiger partial charge in [0.25, 0.3) is 0 Å². The van der Waals surface area contributed by atoms with Crippen molar-refractivity contribution < 1.29 is 22.4 Å². The average molecular weight is 397 g/mol. The molecule has 148 valence electrons. The van der Waals surface area contributed by atoms with Crippen LogP contribution in [0, 0.1) is 19.7 Å². The Labute approximate surface area is 159 Å². The van der Waals surface area contributed by atoms with Crippen LogP contribution in [0.3, 0.4) is 0 Å². The molecule has 6 nitrogen and oxygen atoms in total. The highest BCUT2D eigenvalue weighted by atomic mass is 32.2. The number of nitrogens with one attached hydrogen (secondary N) is 1. The summed E-state index contributed by atoms with van der Waals surface area (Å²) in [5.74, 6) is 0.797. The maximum Gasteiger partial charge on any atom is 0.152 e. The summed E-state index contributed by atoms with van der Waals surface area (Å²) < 4.78 is 44.4. The van der Waals surface area contributed by atoms with Crippen LogP contribution in [-0.4, -0.2) is 43.9 Å². The fourth-order valence-corrected chi connectivity index (χ4v) is 5.54. The molecule has 1 aromatic carbocycles. The van der Waals surface area contributed by atoms with E-state index in [0.29, 0.717) is 18.7 Å². The topological polar surface area (TPSA) is 65.6 Å². The van der Waals surface area contributed by atoms with Crippen molar-refractivity contribution in [2.45, 2.75) is 39.4 Å². The summed E-state index contributed by atoms with van der Waals surface area (Å²) in [5, 5.41) is 4.62. The number of aryl methyl sites for hydroxylation is 1. The van der Waals surface area contributed by atoms with Gasteiger partial charge in [0.05, 0.1) is 48.5 Å². The van der Waals surface area contributed by atoms with Crippen LogP contribution in [0.25, 0.3) is 0 Å². The molecule has 1 aliphatic heterocycles. The Bertz CT molecular complexity index is 940. The Hall–Kier alpha value is -1.93. The van der Waals surface area contributed by atoms with E-state index in [1.165, 1.54) is 17.0 Å². The van der Waals surface area contributed by atoms with Crippen LogP contribution >= 0.6 is 0 Å². The fourth-order valence-electron chi connectivity index (χ4n) is 3.85. The van der Waals surface area contributed by atoms with Crippen LogP contribution in [0.5, 0.6) is 5.75 Å². The number of nitrogens with zero attached hydrogens (tertiary/aromatic N) is 2. The molecule has 0 radical (unpaired) electrons. The van der Waals surface area contributed by atoms with Gasteiger partial charge >= 0.3 is 0 Å². The Morgan fingerprint density at radius 2 is 2.07 bits per heavy atom. The zero-order chi connectivity index (χ0) is 19.8. The van der Waals surface area contributed by atoms with Crippen LogP contribution in [0.4, 0.5) is 4.39 Å². The van der Waals surface area contributed by atoms with Crippen molar-refractivity contribution in [1.82, 2.24) is 9.78 Å². The molecule has 1 aromatic heterocycles. The predicted octanol–water partition coefficient (Wildman–Crippen LogP) is 1.22. The molecule has 1 saturated heterocycles. The second-order valence-corrected chi connectivity index (χ2v) is 9.65. The summed E-state index contributed by atoms with van der Waals surface area (Å²) >= 11 is 0. The van der Waals surface area contributed by atoms with Gasteiger partial charge in [-0.05, 0) is 38.5 Å². The second kappa shape index (κ2) is 7.59. The predicted molar refractivity (Wildman–Crippen MR) is 101 cm³/mol. The molecular weight excluding hydrogens is 369 g/mol. The van der Waals surface area contributed by atoms with E-state index in [1.807, 2.05) is 25.6 Å². The summed E-state index contributed by atoms with van der Waals surface area (Å²) in [6.07, 6.45) is 0.618. The van der Waals surface area contributed by atoms with E-state index in [9.17, 15) is 12.8 Å². The van der Waals surface area contributed by atoms with Crippen LogP contribution in [0.1, 0.15) is 35.0 Å². The molecule has 1 unspecified atom stereocenters. The monoisotopic (exact) mass is 396 g/mol. The zero-order valence-corrected chi connectivity index (χ0v) is 17.1. The Morgan fingerprint density at radius 3 is 2.70 bits per heavy atom. The molecule has 1 N–H and O–H groups in total. The summed E-state index contributed by atoms with van der Waals surface area (Å²) in [4.78, 5) is 1.17. The zero-order valence-electron chi connectivity index (χ0n) is 16.3. The van der Waals surface area contributed by atoms with E-state index in [0.717, 1.165) is 29.1 Å². The Kier molecular flexibility index (Phi) is 5.58. The normalized spacial score (nSPS) is 20.0. The van der Waals surface area contributed by atoms with E-state index >= 15 is 0 Å². The molecule has 0 saturated carbocycles. The van der Waals surface area contributed by atoms with Gasteiger partial charge < -0.3 is 9.64 Å². The lowest BCUT2D eigenvalue weighted by molar-refractivity contribution is -0.907. The third kappa shape index (κ3) is 4.32. The second-order valence-electron chi connectivity index (χ2n) is 7.42. The van der Waals surface area contributed by atoms with E-state index in [2.05, 4.69) is 5.10 Å². The molecule has 0 spiro atoms. The molecule has 27 heavy (non-hydrogen) atoms. The van der Waals surface area contributed by atoms with Gasteiger partial charge in [-0.1, -0.05) is 0 Å². The minimum absolute atomic E-state index is 0.0777. The minimum Gasteiger partial charge on any atom is -0.496 e. The molecule has 1 aliphatic rings. The number of sulfone groups is 1. The molecule has 0 bridgehead atoms. The number of benzene rings is 1. The van der Waals surface area contributed by atoms with E-state index in [4.69, 9.17) is 4.74 Å². The molecule has 0 amide bonds. The van der Waals surface area contributed by atoms with Crippen molar-refractivity contribution >= 4 is 9.84 Å². The number of ether oxygens (including phenoxy) is 1. The lowest BCUT2D eigenvalue weighted by atomic mass is 10.1. The number of hydrogen-bond acceptors (Lipinski definition) is 4. The summed E-state index contributed by atoms with van der Waals surface area (Å²) in [7, 11) is 0.671. The van der Waals surface area contributed by atoms with Crippen LogP contribution in [0.2, 0.25) is 0 Å². The van der Waals surface area contributed by atoms with E-state index < -0.39 is 9.84 Å². The fraction of sp³-hybridized carbons (Fsp3) is 0.526. The number of aromatic nitrogens is 2. The van der Waals surface area contributed by atoms with E-state index in [-0.39, 0.29) is 23.4 Å². The first-order valence-electron chi connectivity index (χ1n) is 9.09. The first-order chi connectivity index (χ1) is 12.7. The Balaban J connectivity index is 1.77. The first-order valence-corrected chi connectivity index (χ1v) is 10.9. The van der Waals surface area contributed by atoms with Crippen molar-refractivity contribution in [2.24, 2.45) is 0 Å². The molecule has 3 rings (SSSR count). The van der Waals surface area contributed by atoms with Gasteiger partial charge in [0.1, 0.15) is 24.7 Å². The van der Waals surface area contributed by atoms with Crippen molar-refractivity contribution in [1.29, 1.82) is 0 Å². The maximum atomic E-state index is 13.6. The number of hydrogen-bond donors (Lipinski definition) is 1. The van der Waals surface area contributed by atoms with Crippen molar-refractivity contribution in [3.8, 4) is 5.75 Å². The first kappa shape index (κ1) is 19.8. The quantitative estimate of drug-likeness (QED) is 0.798. The van der Waals surface area contributed by atoms with Gasteiger partial charge in [-0.2, -0.15) is 5.10 Å². The largest absolute Gasteiger partial charge is 0.496 e. The average Bonchev–Trinajstić information content (AvgIpc) is 3.08. The highest BCUT2D eigenvalue weighted by molar-refractivity contribution is 7.91. The van der Waals surface area contributed by atoms with Crippen LogP contribution in [0.15, 0.2) is 18.2 Å². The molecule has 2 heterocycles. The number of halogens is 1. The van der Waals surface area contributed by atoms with Gasteiger partial charge in [-0.3, -0.25) is 4.68 Å². The number of quaternary nitrogens is 1. The van der Waals surface area contributed by atoms with Crippen LogP contribution in [-0.2, 0) is 22.9 Å². The lowest BCUT2D eigenvalue weighted by Gasteiger charge is -2.17. The maximum absolute atomic E-state index is 13.6. The van der Waals surface area contributed by atoms with Gasteiger partial charge in [0, 0.05) is 5.69 Å². The third-order valence-corrected chi connectivity index (χ3v) is 6.99. The van der Waals surface area contributed by atoms with E-state index in [1.54, 1.807) is 13.2 Å². The van der Waals surface area contributed by atoms with Gasteiger partial charge in [0.2, 0.25) is 0 Å². The van der Waals surface area contributed by atoms with Crippen LogP contribution < -0.4 is 9.64 Å².